The Morgan fingerprint density at radius 2 is 1.97 bits per heavy atom. The van der Waals surface area contributed by atoms with Gasteiger partial charge in [-0.15, -0.1) is 0 Å². The molecule has 0 spiro atoms. The molecule has 1 saturated carbocycles. The molecule has 0 aromatic heterocycles. The Labute approximate surface area is 162 Å². The van der Waals surface area contributed by atoms with Crippen LogP contribution in [0, 0.1) is 11.7 Å². The number of ketones is 1. The Kier molecular flexibility index (Phi) is 6.31. The highest BCUT2D eigenvalue weighted by molar-refractivity contribution is 5.87. The van der Waals surface area contributed by atoms with Crippen LogP contribution in [0.5, 0.6) is 0 Å². The van der Waals surface area contributed by atoms with Crippen LogP contribution in [0.3, 0.4) is 0 Å². The van der Waals surface area contributed by atoms with Crippen LogP contribution < -0.4 is 5.73 Å². The first-order valence-corrected chi connectivity index (χ1v) is 8.45. The molecule has 1 aliphatic heterocycles. The van der Waals surface area contributed by atoms with E-state index < -0.39 is 59.9 Å². The summed E-state index contributed by atoms with van der Waals surface area (Å²) in [5.74, 6) is -9.84. The molecule has 0 amide bonds. The molecule has 0 saturated heterocycles. The van der Waals surface area contributed by atoms with Gasteiger partial charge < -0.3 is 15.6 Å². The third-order valence-electron chi connectivity index (χ3n) is 4.76. The third-order valence-corrected chi connectivity index (χ3v) is 4.76. The van der Waals surface area contributed by atoms with Crippen molar-refractivity contribution in [1.29, 1.82) is 0 Å². The molecule has 1 aliphatic carbocycles. The predicted octanol–water partition coefficient (Wildman–Crippen LogP) is 2.53. The molecular weight excluding hydrogens is 403 g/mol. The molecule has 1 unspecified atom stereocenters. The van der Waals surface area contributed by atoms with Gasteiger partial charge in [0.05, 0.1) is 5.92 Å². The largest absolute Gasteiger partial charge is 0.483 e. The minimum atomic E-state index is -3.57. The fraction of sp³-hybridized carbons (Fsp3) is 0.500. The number of aliphatic imine (C=N–C) groups is 1. The van der Waals surface area contributed by atoms with Crippen molar-refractivity contribution < 1.29 is 41.4 Å². The fourth-order valence-corrected chi connectivity index (χ4v) is 3.03. The number of Topliss-reactive ketones (excluding diaryl/α,β-unsaturated/α-hetero) is 1. The summed E-state index contributed by atoms with van der Waals surface area (Å²) >= 11 is 0. The molecule has 160 valence electrons. The van der Waals surface area contributed by atoms with Gasteiger partial charge >= 0.3 is 0 Å². The second-order valence-corrected chi connectivity index (χ2v) is 6.95. The number of nitrogens with two attached hydrogens (primary N) is 1. The number of carbonyl (C=O) groups excluding carboxylic acids is 1. The zero-order valence-corrected chi connectivity index (χ0v) is 15.3. The van der Waals surface area contributed by atoms with E-state index in [0.29, 0.717) is 0 Å². The number of halogens is 5. The van der Waals surface area contributed by atoms with Crippen molar-refractivity contribution in [2.24, 2.45) is 16.6 Å². The first kappa shape index (κ1) is 22.7. The molecule has 0 bridgehead atoms. The number of carbonyl (C=O) groups is 2. The molecule has 6 nitrogen and oxygen atoms in total. The smallest absolute Gasteiger partial charge is 0.299 e. The number of benzene rings is 1. The molecule has 0 radical (unpaired) electrons. The maximum atomic E-state index is 14.6. The summed E-state index contributed by atoms with van der Waals surface area (Å²) in [4.78, 5) is 24.0. The minimum absolute atomic E-state index is 0.157. The second kappa shape index (κ2) is 8.05. The standard InChI is InChI=1S/C17H17F5N2O2.CH2O2/c1-15(17(21,22)8-26-7-14(23)24-15)10-4-9(2-3-12(10)18)5-13(25)11-6-16(11,19)20;2-1-3/h2-4,11H,5-8H2,1H3,(H2,23,24);1H,(H,2,3)/t11?,15-;/m1./s1. The van der Waals surface area contributed by atoms with Gasteiger partial charge in [0.25, 0.3) is 18.3 Å². The van der Waals surface area contributed by atoms with Gasteiger partial charge in [-0.1, -0.05) is 6.07 Å². The van der Waals surface area contributed by atoms with Crippen LogP contribution in [0.2, 0.25) is 0 Å². The van der Waals surface area contributed by atoms with Gasteiger partial charge in [0.15, 0.2) is 5.54 Å². The summed E-state index contributed by atoms with van der Waals surface area (Å²) in [5.41, 5.74) is 2.89. The maximum absolute atomic E-state index is 14.6. The topological polar surface area (TPSA) is 102 Å². The van der Waals surface area contributed by atoms with Crippen LogP contribution in [-0.2, 0) is 26.3 Å². The summed E-state index contributed by atoms with van der Waals surface area (Å²) in [6.45, 7) is -0.556. The number of alkyl halides is 4. The number of carboxylic acid groups (broad SMARTS) is 1. The van der Waals surface area contributed by atoms with Crippen LogP contribution in [-0.4, -0.2) is 48.3 Å². The zero-order chi connectivity index (χ0) is 22.0. The predicted molar refractivity (Wildman–Crippen MR) is 91.6 cm³/mol. The average Bonchev–Trinajstić information content (AvgIpc) is 3.26. The van der Waals surface area contributed by atoms with Crippen molar-refractivity contribution in [1.82, 2.24) is 0 Å². The highest BCUT2D eigenvalue weighted by Gasteiger charge is 2.60. The molecule has 1 heterocycles. The second-order valence-electron chi connectivity index (χ2n) is 6.95. The van der Waals surface area contributed by atoms with E-state index in [2.05, 4.69) is 4.99 Å². The normalized spacial score (nSPS) is 27.0. The molecule has 1 aromatic rings. The van der Waals surface area contributed by atoms with Crippen molar-refractivity contribution in [3.63, 3.8) is 0 Å². The Balaban J connectivity index is 0.000000941. The van der Waals surface area contributed by atoms with E-state index in [1.807, 2.05) is 0 Å². The lowest BCUT2D eigenvalue weighted by molar-refractivity contribution is -0.123. The van der Waals surface area contributed by atoms with Gasteiger partial charge in [-0.2, -0.15) is 0 Å². The van der Waals surface area contributed by atoms with Crippen molar-refractivity contribution in [2.45, 2.75) is 37.1 Å². The molecule has 1 fully saturated rings. The molecule has 29 heavy (non-hydrogen) atoms. The summed E-state index contributed by atoms with van der Waals surface area (Å²) in [6.07, 6.45) is -0.918. The van der Waals surface area contributed by atoms with E-state index in [-0.39, 0.29) is 24.5 Å². The molecule has 3 N–H and O–H groups in total. The summed E-state index contributed by atoms with van der Waals surface area (Å²) in [7, 11) is 0. The third kappa shape index (κ3) is 4.72. The summed E-state index contributed by atoms with van der Waals surface area (Å²) < 4.78 is 74.3. The Morgan fingerprint density at radius 3 is 2.52 bits per heavy atom. The van der Waals surface area contributed by atoms with Crippen LogP contribution in [0.25, 0.3) is 0 Å². The van der Waals surface area contributed by atoms with E-state index in [4.69, 9.17) is 20.4 Å². The Morgan fingerprint density at radius 1 is 1.38 bits per heavy atom. The lowest BCUT2D eigenvalue weighted by Crippen LogP contribution is -2.45. The molecular formula is C18H19F5N2O4. The fourth-order valence-electron chi connectivity index (χ4n) is 3.03. The molecule has 2 atom stereocenters. The molecule has 2 aliphatic rings. The van der Waals surface area contributed by atoms with Crippen molar-refractivity contribution in [3.05, 3.63) is 35.1 Å². The van der Waals surface area contributed by atoms with E-state index in [0.717, 1.165) is 19.1 Å². The molecule has 1 aromatic carbocycles. The SMILES string of the molecule is C[C@]1(c2cc(CC(=O)C3CC3(F)F)ccc2F)N=C(N)COCC1(F)F.O=CO. The first-order chi connectivity index (χ1) is 13.4. The zero-order valence-electron chi connectivity index (χ0n) is 15.3. The summed E-state index contributed by atoms with van der Waals surface area (Å²) in [6, 6.07) is 3.19. The first-order valence-electron chi connectivity index (χ1n) is 8.45. The van der Waals surface area contributed by atoms with E-state index in [1.165, 1.54) is 6.07 Å². The highest BCUT2D eigenvalue weighted by atomic mass is 19.3. The van der Waals surface area contributed by atoms with Gasteiger partial charge in [0.1, 0.15) is 30.6 Å². The van der Waals surface area contributed by atoms with E-state index in [9.17, 15) is 26.7 Å². The van der Waals surface area contributed by atoms with Crippen LogP contribution in [0.15, 0.2) is 23.2 Å². The Hall–Kier alpha value is -2.56. The van der Waals surface area contributed by atoms with Gasteiger partial charge in [-0.05, 0) is 24.6 Å². The number of ether oxygens (including phenoxy) is 1. The maximum Gasteiger partial charge on any atom is 0.299 e. The number of amidine groups is 1. The van der Waals surface area contributed by atoms with Crippen LogP contribution in [0.4, 0.5) is 22.0 Å². The summed E-state index contributed by atoms with van der Waals surface area (Å²) in [5, 5.41) is 6.89. The van der Waals surface area contributed by atoms with Crippen LogP contribution >= 0.6 is 0 Å². The minimum Gasteiger partial charge on any atom is -0.483 e. The number of hydrogen-bond donors (Lipinski definition) is 2. The van der Waals surface area contributed by atoms with Gasteiger partial charge in [0.2, 0.25) is 0 Å². The van der Waals surface area contributed by atoms with Crippen molar-refractivity contribution >= 4 is 18.1 Å². The van der Waals surface area contributed by atoms with Crippen molar-refractivity contribution in [2.75, 3.05) is 13.2 Å². The van der Waals surface area contributed by atoms with Gasteiger partial charge in [-0.3, -0.25) is 14.6 Å². The highest BCUT2D eigenvalue weighted by Crippen LogP contribution is 2.49. The number of nitrogens with zero attached hydrogens (tertiary/aromatic N) is 1. The lowest BCUT2D eigenvalue weighted by Gasteiger charge is -2.33. The van der Waals surface area contributed by atoms with Gasteiger partial charge in [-0.25, -0.2) is 22.0 Å². The number of rotatable bonds is 4. The van der Waals surface area contributed by atoms with Crippen molar-refractivity contribution in [3.8, 4) is 0 Å². The molecule has 11 heteroatoms. The van der Waals surface area contributed by atoms with Gasteiger partial charge in [0, 0.05) is 18.4 Å². The monoisotopic (exact) mass is 422 g/mol. The average molecular weight is 422 g/mol. The molecule has 3 rings (SSSR count). The van der Waals surface area contributed by atoms with Crippen LogP contribution in [0.1, 0.15) is 24.5 Å². The lowest BCUT2D eigenvalue weighted by atomic mass is 9.84. The van der Waals surface area contributed by atoms with E-state index >= 15 is 0 Å². The van der Waals surface area contributed by atoms with E-state index in [1.54, 1.807) is 0 Å². The quantitative estimate of drug-likeness (QED) is 0.574. The number of hydrogen-bond acceptors (Lipinski definition) is 5. The Bertz CT molecular complexity index is 830.